The number of urea groups is 1. The second-order valence-electron chi connectivity index (χ2n) is 7.84. The molecule has 0 unspecified atom stereocenters. The van der Waals surface area contributed by atoms with E-state index in [4.69, 9.17) is 0 Å². The Labute approximate surface area is 151 Å². The van der Waals surface area contributed by atoms with Crippen LogP contribution < -0.4 is 15.5 Å². The van der Waals surface area contributed by atoms with Gasteiger partial charge in [-0.15, -0.1) is 0 Å². The Bertz CT molecular complexity index is 563. The van der Waals surface area contributed by atoms with Gasteiger partial charge in [0.05, 0.1) is 11.4 Å². The summed E-state index contributed by atoms with van der Waals surface area (Å²) < 4.78 is 0. The Morgan fingerprint density at radius 2 is 1.84 bits per heavy atom. The summed E-state index contributed by atoms with van der Waals surface area (Å²) in [5.41, 5.74) is 1.76. The number of carbonyl (C=O) groups is 1. The van der Waals surface area contributed by atoms with E-state index in [1.807, 2.05) is 18.2 Å². The molecule has 6 nitrogen and oxygen atoms in total. The number of nitrogens with one attached hydrogen (secondary N) is 2. The summed E-state index contributed by atoms with van der Waals surface area (Å²) in [7, 11) is 2.13. The van der Waals surface area contributed by atoms with Gasteiger partial charge >= 0.3 is 6.03 Å². The Morgan fingerprint density at radius 3 is 2.44 bits per heavy atom. The van der Waals surface area contributed by atoms with Crippen LogP contribution in [0.3, 0.4) is 0 Å². The molecule has 0 aromatic heterocycles. The lowest BCUT2D eigenvalue weighted by molar-refractivity contribution is 0.194. The zero-order valence-corrected chi connectivity index (χ0v) is 15.9. The van der Waals surface area contributed by atoms with Crippen molar-refractivity contribution in [3.63, 3.8) is 0 Å². The zero-order valence-electron chi connectivity index (χ0n) is 15.9. The van der Waals surface area contributed by atoms with E-state index in [-0.39, 0.29) is 24.1 Å². The average molecular weight is 348 g/mol. The number of nitrogens with zero attached hydrogens (tertiary/aromatic N) is 2. The first-order valence-corrected chi connectivity index (χ1v) is 9.02. The average Bonchev–Trinajstić information content (AvgIpc) is 2.55. The maximum absolute atomic E-state index is 12.5. The van der Waals surface area contributed by atoms with E-state index in [9.17, 15) is 9.90 Å². The van der Waals surface area contributed by atoms with Gasteiger partial charge in [0.25, 0.3) is 0 Å². The molecule has 1 fully saturated rings. The van der Waals surface area contributed by atoms with Crippen molar-refractivity contribution in [2.24, 2.45) is 5.41 Å². The fourth-order valence-electron chi connectivity index (χ4n) is 3.07. The predicted octanol–water partition coefficient (Wildman–Crippen LogP) is 2.36. The zero-order chi connectivity index (χ0) is 18.4. The molecule has 2 rings (SSSR count). The quantitative estimate of drug-likeness (QED) is 0.764. The standard InChI is InChI=1S/C19H32N4O2/c1-19(2,3)17(9-14-24)21-18(25)20-15-7-5-6-8-16(15)23-12-10-22(4)11-13-23/h5-8,17,24H,9-14H2,1-4H3,(H2,20,21,25)/t17-/m1/s1. The number of piperazine rings is 1. The minimum atomic E-state index is -0.227. The van der Waals surface area contributed by atoms with Crippen molar-refractivity contribution >= 4 is 17.4 Å². The largest absolute Gasteiger partial charge is 0.396 e. The summed E-state index contributed by atoms with van der Waals surface area (Å²) in [5, 5.41) is 15.3. The van der Waals surface area contributed by atoms with Gasteiger partial charge in [0, 0.05) is 38.8 Å². The summed E-state index contributed by atoms with van der Waals surface area (Å²) in [6.45, 7) is 10.2. The number of carbonyl (C=O) groups excluding carboxylic acids is 1. The van der Waals surface area contributed by atoms with Gasteiger partial charge in [-0.1, -0.05) is 32.9 Å². The maximum atomic E-state index is 12.5. The highest BCUT2D eigenvalue weighted by atomic mass is 16.3. The van der Waals surface area contributed by atoms with Crippen LogP contribution in [0.5, 0.6) is 0 Å². The van der Waals surface area contributed by atoms with Crippen LogP contribution in [-0.4, -0.2) is 61.9 Å². The number of rotatable bonds is 5. The van der Waals surface area contributed by atoms with E-state index >= 15 is 0 Å². The van der Waals surface area contributed by atoms with Crippen molar-refractivity contribution in [1.29, 1.82) is 0 Å². The molecule has 1 aromatic rings. The third-order valence-corrected chi connectivity index (χ3v) is 4.76. The first-order chi connectivity index (χ1) is 11.8. The molecule has 0 spiro atoms. The number of hydrogen-bond donors (Lipinski definition) is 3. The highest BCUT2D eigenvalue weighted by molar-refractivity contribution is 5.93. The monoisotopic (exact) mass is 348 g/mol. The van der Waals surface area contributed by atoms with Gasteiger partial charge in [-0.3, -0.25) is 0 Å². The summed E-state index contributed by atoms with van der Waals surface area (Å²) in [5.74, 6) is 0. The van der Waals surface area contributed by atoms with Gasteiger partial charge in [0.2, 0.25) is 0 Å². The Kier molecular flexibility index (Phi) is 6.67. The first kappa shape index (κ1) is 19.5. The van der Waals surface area contributed by atoms with E-state index in [0.29, 0.717) is 6.42 Å². The molecule has 25 heavy (non-hydrogen) atoms. The number of likely N-dealkylation sites (N-methyl/N-ethyl adjacent to an activating group) is 1. The van der Waals surface area contributed by atoms with Crippen LogP contribution in [0, 0.1) is 5.41 Å². The topological polar surface area (TPSA) is 67.8 Å². The fraction of sp³-hybridized carbons (Fsp3) is 0.632. The number of anilines is 2. The summed E-state index contributed by atoms with van der Waals surface area (Å²) in [6, 6.07) is 7.61. The number of amides is 2. The molecule has 1 aliphatic rings. The Hall–Kier alpha value is -1.79. The van der Waals surface area contributed by atoms with Crippen molar-refractivity contribution in [2.75, 3.05) is 50.1 Å². The van der Waals surface area contributed by atoms with Gasteiger partial charge in [-0.2, -0.15) is 0 Å². The van der Waals surface area contributed by atoms with Crippen LogP contribution in [0.1, 0.15) is 27.2 Å². The van der Waals surface area contributed by atoms with E-state index in [0.717, 1.165) is 37.6 Å². The number of para-hydroxylation sites is 2. The lowest BCUT2D eigenvalue weighted by atomic mass is 9.85. The second-order valence-corrected chi connectivity index (χ2v) is 7.84. The van der Waals surface area contributed by atoms with Crippen LogP contribution in [-0.2, 0) is 0 Å². The molecule has 1 heterocycles. The highest BCUT2D eigenvalue weighted by Gasteiger charge is 2.26. The molecule has 140 valence electrons. The van der Waals surface area contributed by atoms with Gasteiger partial charge in [-0.05, 0) is 31.0 Å². The van der Waals surface area contributed by atoms with Gasteiger partial charge in [-0.25, -0.2) is 4.79 Å². The minimum absolute atomic E-state index is 0.0557. The lowest BCUT2D eigenvalue weighted by Gasteiger charge is -2.35. The Morgan fingerprint density at radius 1 is 1.20 bits per heavy atom. The highest BCUT2D eigenvalue weighted by Crippen LogP contribution is 2.27. The van der Waals surface area contributed by atoms with Crippen LogP contribution in [0.15, 0.2) is 24.3 Å². The Balaban J connectivity index is 2.05. The fourth-order valence-corrected chi connectivity index (χ4v) is 3.07. The molecule has 6 heteroatoms. The van der Waals surface area contributed by atoms with E-state index in [1.54, 1.807) is 0 Å². The number of aliphatic hydroxyl groups is 1. The van der Waals surface area contributed by atoms with Gasteiger partial charge in [0.1, 0.15) is 0 Å². The SMILES string of the molecule is CN1CCN(c2ccccc2NC(=O)N[C@H](CCO)C(C)(C)C)CC1. The van der Waals surface area contributed by atoms with Crippen molar-refractivity contribution in [2.45, 2.75) is 33.2 Å². The smallest absolute Gasteiger partial charge is 0.319 e. The molecule has 0 bridgehead atoms. The molecule has 2 amide bonds. The van der Waals surface area contributed by atoms with Crippen molar-refractivity contribution in [3.8, 4) is 0 Å². The molecule has 1 aliphatic heterocycles. The van der Waals surface area contributed by atoms with Gasteiger partial charge in [0.15, 0.2) is 0 Å². The number of aliphatic hydroxyl groups excluding tert-OH is 1. The molecule has 3 N–H and O–H groups in total. The van der Waals surface area contributed by atoms with E-state index in [2.05, 4.69) is 54.3 Å². The molecule has 1 atom stereocenters. The third kappa shape index (κ3) is 5.61. The summed E-state index contributed by atoms with van der Waals surface area (Å²) in [4.78, 5) is 17.1. The van der Waals surface area contributed by atoms with Crippen molar-refractivity contribution in [3.05, 3.63) is 24.3 Å². The normalized spacial score (nSPS) is 17.2. The molecule has 0 saturated carbocycles. The molecular formula is C19H32N4O2. The van der Waals surface area contributed by atoms with E-state index < -0.39 is 0 Å². The molecule has 0 aliphatic carbocycles. The molecular weight excluding hydrogens is 316 g/mol. The molecule has 1 aromatic carbocycles. The second kappa shape index (κ2) is 8.54. The molecule has 1 saturated heterocycles. The lowest BCUT2D eigenvalue weighted by Crippen LogP contribution is -2.47. The first-order valence-electron chi connectivity index (χ1n) is 9.02. The van der Waals surface area contributed by atoms with E-state index in [1.165, 1.54) is 0 Å². The van der Waals surface area contributed by atoms with Gasteiger partial charge < -0.3 is 25.5 Å². The number of benzene rings is 1. The minimum Gasteiger partial charge on any atom is -0.396 e. The summed E-state index contributed by atoms with van der Waals surface area (Å²) in [6.07, 6.45) is 0.539. The predicted molar refractivity (Wildman–Crippen MR) is 103 cm³/mol. The van der Waals surface area contributed by atoms with Crippen molar-refractivity contribution in [1.82, 2.24) is 10.2 Å². The molecule has 0 radical (unpaired) electrons. The van der Waals surface area contributed by atoms with Crippen LogP contribution in [0.2, 0.25) is 0 Å². The van der Waals surface area contributed by atoms with Crippen LogP contribution in [0.4, 0.5) is 16.2 Å². The third-order valence-electron chi connectivity index (χ3n) is 4.76. The maximum Gasteiger partial charge on any atom is 0.319 e. The number of hydrogen-bond acceptors (Lipinski definition) is 4. The summed E-state index contributed by atoms with van der Waals surface area (Å²) >= 11 is 0. The van der Waals surface area contributed by atoms with Crippen LogP contribution >= 0.6 is 0 Å². The van der Waals surface area contributed by atoms with Crippen molar-refractivity contribution < 1.29 is 9.90 Å². The van der Waals surface area contributed by atoms with Crippen LogP contribution in [0.25, 0.3) is 0 Å².